The molecular weight excluding hydrogens is 278 g/mol. The van der Waals surface area contributed by atoms with Crippen LogP contribution in [0.5, 0.6) is 0 Å². The number of benzene rings is 1. The molecule has 0 fully saturated rings. The lowest BCUT2D eigenvalue weighted by molar-refractivity contribution is -0.121. The van der Waals surface area contributed by atoms with E-state index in [-0.39, 0.29) is 11.5 Å². The molecule has 0 saturated heterocycles. The molecule has 1 aromatic heterocycles. The van der Waals surface area contributed by atoms with Crippen LogP contribution in [-0.2, 0) is 11.3 Å². The molecule has 0 radical (unpaired) electrons. The first kappa shape index (κ1) is 16.2. The highest BCUT2D eigenvalue weighted by molar-refractivity contribution is 5.80. The summed E-state index contributed by atoms with van der Waals surface area (Å²) >= 11 is 0. The van der Waals surface area contributed by atoms with E-state index in [0.717, 1.165) is 30.3 Å². The van der Waals surface area contributed by atoms with Gasteiger partial charge in [-0.05, 0) is 25.0 Å². The van der Waals surface area contributed by atoms with Gasteiger partial charge in [0.25, 0.3) is 5.56 Å². The lowest BCUT2D eigenvalue weighted by Crippen LogP contribution is -2.28. The van der Waals surface area contributed by atoms with Crippen LogP contribution in [0.4, 0.5) is 0 Å². The van der Waals surface area contributed by atoms with Crippen LogP contribution < -0.4 is 10.9 Å². The Hall–Kier alpha value is -2.17. The number of carbonyl (C=O) groups excluding carboxylic acids is 1. The number of hydrogen-bond donors (Lipinski definition) is 1. The zero-order valence-electron chi connectivity index (χ0n) is 13.3. The fraction of sp³-hybridized carbons (Fsp3) is 0.471. The maximum Gasteiger partial charge on any atom is 0.261 e. The Labute approximate surface area is 130 Å². The predicted molar refractivity (Wildman–Crippen MR) is 87.9 cm³/mol. The topological polar surface area (TPSA) is 64.0 Å². The zero-order valence-corrected chi connectivity index (χ0v) is 13.3. The number of amides is 1. The van der Waals surface area contributed by atoms with Crippen molar-refractivity contribution in [1.29, 1.82) is 0 Å². The molecule has 2 aromatic rings. The van der Waals surface area contributed by atoms with Crippen LogP contribution in [0.15, 0.2) is 29.3 Å². The molecule has 22 heavy (non-hydrogen) atoms. The summed E-state index contributed by atoms with van der Waals surface area (Å²) in [4.78, 5) is 28.5. The van der Waals surface area contributed by atoms with E-state index < -0.39 is 0 Å². The molecule has 0 aliphatic rings. The van der Waals surface area contributed by atoms with Gasteiger partial charge in [-0.15, -0.1) is 0 Å². The summed E-state index contributed by atoms with van der Waals surface area (Å²) < 4.78 is 1.51. The lowest BCUT2D eigenvalue weighted by Gasteiger charge is -2.08. The maximum absolute atomic E-state index is 12.4. The summed E-state index contributed by atoms with van der Waals surface area (Å²) in [6, 6.07) is 5.56. The molecule has 0 saturated carbocycles. The molecule has 0 aliphatic heterocycles. The summed E-state index contributed by atoms with van der Waals surface area (Å²) in [6.45, 7) is 5.12. The molecular formula is C17H23N3O2. The number of aryl methyl sites for hydroxylation is 2. The number of para-hydroxylation sites is 1. The van der Waals surface area contributed by atoms with Crippen molar-refractivity contribution in [3.05, 3.63) is 40.4 Å². The molecule has 1 N–H and O–H groups in total. The lowest BCUT2D eigenvalue weighted by atomic mass is 10.1. The van der Waals surface area contributed by atoms with Gasteiger partial charge in [0.1, 0.15) is 0 Å². The number of unbranched alkanes of at least 4 members (excludes halogenated alkanes) is 2. The second-order valence-electron chi connectivity index (χ2n) is 5.52. The molecule has 5 nitrogen and oxygen atoms in total. The quantitative estimate of drug-likeness (QED) is 0.799. The van der Waals surface area contributed by atoms with Gasteiger partial charge in [-0.3, -0.25) is 14.2 Å². The van der Waals surface area contributed by atoms with Crippen LogP contribution in [0.1, 0.15) is 38.2 Å². The van der Waals surface area contributed by atoms with Gasteiger partial charge in [-0.2, -0.15) is 0 Å². The Morgan fingerprint density at radius 2 is 2.14 bits per heavy atom. The van der Waals surface area contributed by atoms with Crippen LogP contribution in [0.25, 0.3) is 10.9 Å². The van der Waals surface area contributed by atoms with E-state index in [2.05, 4.69) is 17.2 Å². The van der Waals surface area contributed by atoms with Crippen molar-refractivity contribution < 1.29 is 4.79 Å². The van der Waals surface area contributed by atoms with Crippen molar-refractivity contribution in [3.63, 3.8) is 0 Å². The first-order chi connectivity index (χ1) is 10.6. The van der Waals surface area contributed by atoms with Gasteiger partial charge in [0.2, 0.25) is 5.91 Å². The summed E-state index contributed by atoms with van der Waals surface area (Å²) in [7, 11) is 0. The fourth-order valence-corrected chi connectivity index (χ4v) is 2.41. The van der Waals surface area contributed by atoms with E-state index in [0.29, 0.717) is 24.9 Å². The van der Waals surface area contributed by atoms with E-state index in [9.17, 15) is 9.59 Å². The summed E-state index contributed by atoms with van der Waals surface area (Å²) in [5, 5.41) is 3.48. The van der Waals surface area contributed by atoms with Gasteiger partial charge >= 0.3 is 0 Å². The molecule has 118 valence electrons. The number of aromatic nitrogens is 2. The summed E-state index contributed by atoms with van der Waals surface area (Å²) in [6.07, 6.45) is 5.08. The van der Waals surface area contributed by atoms with Gasteiger partial charge < -0.3 is 5.32 Å². The highest BCUT2D eigenvalue weighted by atomic mass is 16.1. The van der Waals surface area contributed by atoms with Gasteiger partial charge in [-0.25, -0.2) is 4.98 Å². The van der Waals surface area contributed by atoms with Crippen molar-refractivity contribution in [2.45, 2.75) is 46.1 Å². The Balaban J connectivity index is 1.99. The number of carbonyl (C=O) groups is 1. The standard InChI is InChI=1S/C17H23N3O2/c1-3-4-5-10-18-15(21)9-11-20-12-19-16-13(2)7-6-8-14(16)17(20)22/h6-8,12H,3-5,9-11H2,1-2H3,(H,18,21). The molecule has 1 heterocycles. The Kier molecular flexibility index (Phi) is 5.69. The van der Waals surface area contributed by atoms with Crippen molar-refractivity contribution >= 4 is 16.8 Å². The molecule has 2 rings (SSSR count). The number of nitrogens with zero attached hydrogens (tertiary/aromatic N) is 2. The molecule has 0 bridgehead atoms. The summed E-state index contributed by atoms with van der Waals surface area (Å²) in [5.74, 6) is -0.0210. The van der Waals surface area contributed by atoms with Crippen molar-refractivity contribution in [1.82, 2.24) is 14.9 Å². The van der Waals surface area contributed by atoms with E-state index >= 15 is 0 Å². The van der Waals surface area contributed by atoms with Gasteiger partial charge in [-0.1, -0.05) is 31.9 Å². The largest absolute Gasteiger partial charge is 0.356 e. The Morgan fingerprint density at radius 1 is 1.32 bits per heavy atom. The molecule has 0 spiro atoms. The average Bonchev–Trinajstić information content (AvgIpc) is 2.52. The minimum Gasteiger partial charge on any atom is -0.356 e. The monoisotopic (exact) mass is 301 g/mol. The number of nitrogens with one attached hydrogen (secondary N) is 1. The first-order valence-corrected chi connectivity index (χ1v) is 7.85. The second-order valence-corrected chi connectivity index (χ2v) is 5.52. The van der Waals surface area contributed by atoms with Gasteiger partial charge in [0.05, 0.1) is 17.2 Å². The number of hydrogen-bond acceptors (Lipinski definition) is 3. The van der Waals surface area contributed by atoms with Crippen LogP contribution in [-0.4, -0.2) is 22.0 Å². The predicted octanol–water partition coefficient (Wildman–Crippen LogP) is 2.40. The molecule has 5 heteroatoms. The molecule has 1 amide bonds. The highest BCUT2D eigenvalue weighted by Crippen LogP contribution is 2.11. The molecule has 1 aromatic carbocycles. The van der Waals surface area contributed by atoms with Gasteiger partial charge in [0, 0.05) is 19.5 Å². The van der Waals surface area contributed by atoms with E-state index in [1.54, 1.807) is 6.07 Å². The molecule has 0 unspecified atom stereocenters. The minimum absolute atomic E-state index is 0.0210. The van der Waals surface area contributed by atoms with E-state index in [1.165, 1.54) is 10.9 Å². The van der Waals surface area contributed by atoms with Crippen LogP contribution >= 0.6 is 0 Å². The smallest absolute Gasteiger partial charge is 0.261 e. The van der Waals surface area contributed by atoms with Crippen molar-refractivity contribution in [3.8, 4) is 0 Å². The molecule has 0 aliphatic carbocycles. The minimum atomic E-state index is -0.0903. The Bertz CT molecular complexity index is 707. The van der Waals surface area contributed by atoms with E-state index in [1.807, 2.05) is 19.1 Å². The highest BCUT2D eigenvalue weighted by Gasteiger charge is 2.07. The van der Waals surface area contributed by atoms with Crippen molar-refractivity contribution in [2.75, 3.05) is 6.54 Å². The first-order valence-electron chi connectivity index (χ1n) is 7.85. The zero-order chi connectivity index (χ0) is 15.9. The SMILES string of the molecule is CCCCCNC(=O)CCn1cnc2c(C)cccc2c1=O. The van der Waals surface area contributed by atoms with Crippen LogP contribution in [0.2, 0.25) is 0 Å². The third kappa shape index (κ3) is 3.93. The average molecular weight is 301 g/mol. The maximum atomic E-state index is 12.4. The summed E-state index contributed by atoms with van der Waals surface area (Å²) in [5.41, 5.74) is 1.62. The van der Waals surface area contributed by atoms with Crippen molar-refractivity contribution in [2.24, 2.45) is 0 Å². The fourth-order valence-electron chi connectivity index (χ4n) is 2.41. The molecule has 0 atom stereocenters. The Morgan fingerprint density at radius 3 is 2.91 bits per heavy atom. The van der Waals surface area contributed by atoms with Crippen LogP contribution in [0, 0.1) is 6.92 Å². The van der Waals surface area contributed by atoms with E-state index in [4.69, 9.17) is 0 Å². The van der Waals surface area contributed by atoms with Crippen LogP contribution in [0.3, 0.4) is 0 Å². The van der Waals surface area contributed by atoms with Gasteiger partial charge in [0.15, 0.2) is 0 Å². The third-order valence-electron chi connectivity index (χ3n) is 3.74. The number of fused-ring (bicyclic) bond motifs is 1. The normalized spacial score (nSPS) is 10.8. The second kappa shape index (κ2) is 7.73. The third-order valence-corrected chi connectivity index (χ3v) is 3.74. The number of rotatable bonds is 7.